The maximum atomic E-state index is 12.5. The van der Waals surface area contributed by atoms with Gasteiger partial charge in [-0.25, -0.2) is 4.98 Å². The Morgan fingerprint density at radius 1 is 1.38 bits per heavy atom. The van der Waals surface area contributed by atoms with Gasteiger partial charge in [-0.15, -0.1) is 0 Å². The van der Waals surface area contributed by atoms with Crippen LogP contribution in [0.2, 0.25) is 0 Å². The predicted octanol–water partition coefficient (Wildman–Crippen LogP) is 3.00. The molecular weight excluding hydrogens is 298 g/mol. The number of rotatable bonds is 3. The van der Waals surface area contributed by atoms with Gasteiger partial charge in [-0.05, 0) is 42.9 Å². The normalized spacial score (nSPS) is 31.2. The first kappa shape index (κ1) is 14.9. The van der Waals surface area contributed by atoms with Crippen molar-refractivity contribution in [3.63, 3.8) is 0 Å². The fourth-order valence-corrected chi connectivity index (χ4v) is 5.10. The molecule has 2 atom stereocenters. The van der Waals surface area contributed by atoms with Crippen molar-refractivity contribution in [1.82, 2.24) is 14.9 Å². The summed E-state index contributed by atoms with van der Waals surface area (Å²) >= 11 is 0. The van der Waals surface area contributed by atoms with Crippen LogP contribution >= 0.6 is 0 Å². The predicted molar refractivity (Wildman–Crippen MR) is 93.9 cm³/mol. The van der Waals surface area contributed by atoms with Crippen LogP contribution < -0.4 is 5.56 Å². The van der Waals surface area contributed by atoms with Gasteiger partial charge in [-0.3, -0.25) is 9.69 Å². The Bertz CT molecular complexity index is 772. The summed E-state index contributed by atoms with van der Waals surface area (Å²) in [5, 5.41) is 0. The molecule has 0 amide bonds. The van der Waals surface area contributed by atoms with Crippen molar-refractivity contribution in [2.75, 3.05) is 13.1 Å². The molecule has 0 radical (unpaired) electrons. The van der Waals surface area contributed by atoms with Gasteiger partial charge in [-0.2, -0.15) is 0 Å². The van der Waals surface area contributed by atoms with E-state index in [-0.39, 0.29) is 5.56 Å². The van der Waals surface area contributed by atoms with Crippen LogP contribution in [0.5, 0.6) is 0 Å². The van der Waals surface area contributed by atoms with Crippen molar-refractivity contribution in [2.24, 2.45) is 17.3 Å². The van der Waals surface area contributed by atoms with Crippen molar-refractivity contribution in [3.8, 4) is 0 Å². The smallest absolute Gasteiger partial charge is 0.255 e. The highest BCUT2D eigenvalue weighted by molar-refractivity contribution is 5.27. The molecule has 0 spiro atoms. The number of nitrogens with zero attached hydrogens (tertiary/aromatic N) is 2. The van der Waals surface area contributed by atoms with Crippen molar-refractivity contribution in [2.45, 2.75) is 58.4 Å². The molecule has 1 N–H and O–H groups in total. The molecule has 1 aliphatic heterocycles. The minimum atomic E-state index is 0.105. The van der Waals surface area contributed by atoms with Crippen LogP contribution in [0.3, 0.4) is 0 Å². The zero-order valence-corrected chi connectivity index (χ0v) is 14.8. The molecule has 4 nitrogen and oxygen atoms in total. The summed E-state index contributed by atoms with van der Waals surface area (Å²) in [6, 6.07) is 0. The Balaban J connectivity index is 1.34. The van der Waals surface area contributed by atoms with E-state index in [1.807, 2.05) is 0 Å². The van der Waals surface area contributed by atoms with Gasteiger partial charge in [0.05, 0.1) is 11.3 Å². The van der Waals surface area contributed by atoms with E-state index in [1.165, 1.54) is 25.7 Å². The number of H-pyrrole nitrogens is 1. The van der Waals surface area contributed by atoms with Crippen LogP contribution in [0.15, 0.2) is 16.4 Å². The standard InChI is InChI=1S/C20H27N3O/c1-20(2)14-6-5-13(16(20)9-14)10-23-8-7-17-15(11-23)19(24)22-18(21-17)12-3-4-12/h5,12,14,16H,3-4,6-11H2,1-2H3,(H,21,22,24). The molecule has 4 heteroatoms. The lowest BCUT2D eigenvalue weighted by Gasteiger charge is -2.57. The highest BCUT2D eigenvalue weighted by Gasteiger charge is 2.51. The number of aromatic amines is 1. The third kappa shape index (κ3) is 2.22. The molecule has 24 heavy (non-hydrogen) atoms. The van der Waals surface area contributed by atoms with Gasteiger partial charge < -0.3 is 4.98 Å². The van der Waals surface area contributed by atoms with E-state index in [4.69, 9.17) is 4.98 Å². The second kappa shape index (κ2) is 5.04. The first-order valence-electron chi connectivity index (χ1n) is 9.55. The Kier molecular flexibility index (Phi) is 3.13. The number of nitrogens with one attached hydrogen (secondary N) is 1. The molecule has 6 rings (SSSR count). The van der Waals surface area contributed by atoms with Crippen LogP contribution in [-0.2, 0) is 13.0 Å². The number of aromatic nitrogens is 2. The third-order valence-electron chi connectivity index (χ3n) is 7.12. The molecule has 2 heterocycles. The monoisotopic (exact) mass is 325 g/mol. The van der Waals surface area contributed by atoms with Crippen molar-refractivity contribution < 1.29 is 0 Å². The zero-order chi connectivity index (χ0) is 16.5. The van der Waals surface area contributed by atoms with Gasteiger partial charge in [0, 0.05) is 32.0 Å². The summed E-state index contributed by atoms with van der Waals surface area (Å²) in [5.41, 5.74) is 4.17. The minimum Gasteiger partial charge on any atom is -0.310 e. The molecule has 2 unspecified atom stereocenters. The summed E-state index contributed by atoms with van der Waals surface area (Å²) in [7, 11) is 0. The number of hydrogen-bond donors (Lipinski definition) is 1. The van der Waals surface area contributed by atoms with Gasteiger partial charge in [0.15, 0.2) is 0 Å². The molecule has 1 aromatic rings. The molecule has 4 aliphatic carbocycles. The summed E-state index contributed by atoms with van der Waals surface area (Å²) < 4.78 is 0. The van der Waals surface area contributed by atoms with Crippen molar-refractivity contribution in [3.05, 3.63) is 39.1 Å². The first-order valence-corrected chi connectivity index (χ1v) is 9.55. The van der Waals surface area contributed by atoms with Crippen molar-refractivity contribution in [1.29, 1.82) is 0 Å². The molecular formula is C20H27N3O. The molecule has 2 saturated carbocycles. The number of fused-ring (bicyclic) bond motifs is 2. The lowest BCUT2D eigenvalue weighted by Crippen LogP contribution is -2.50. The van der Waals surface area contributed by atoms with E-state index in [0.717, 1.165) is 55.0 Å². The van der Waals surface area contributed by atoms with Crippen LogP contribution in [0, 0.1) is 17.3 Å². The molecule has 0 saturated heterocycles. The van der Waals surface area contributed by atoms with Crippen LogP contribution in [0.1, 0.15) is 62.5 Å². The molecule has 2 bridgehead atoms. The Hall–Kier alpha value is -1.42. The Morgan fingerprint density at radius 3 is 2.92 bits per heavy atom. The minimum absolute atomic E-state index is 0.105. The molecule has 2 fully saturated rings. The van der Waals surface area contributed by atoms with Crippen LogP contribution in [-0.4, -0.2) is 28.0 Å². The van der Waals surface area contributed by atoms with Gasteiger partial charge in [0.25, 0.3) is 5.56 Å². The SMILES string of the molecule is CC1(C)C2CC=C(CN3CCc4nc(C5CC5)[nH]c(=O)c4C3)C1C2. The van der Waals surface area contributed by atoms with Crippen LogP contribution in [0.4, 0.5) is 0 Å². The maximum Gasteiger partial charge on any atom is 0.255 e. The average molecular weight is 325 g/mol. The van der Waals surface area contributed by atoms with Gasteiger partial charge in [0.2, 0.25) is 0 Å². The largest absolute Gasteiger partial charge is 0.310 e. The van der Waals surface area contributed by atoms with Crippen molar-refractivity contribution >= 4 is 0 Å². The Labute approximate surface area is 143 Å². The summed E-state index contributed by atoms with van der Waals surface area (Å²) in [5.74, 6) is 3.10. The summed E-state index contributed by atoms with van der Waals surface area (Å²) in [6.07, 6.45) is 8.38. The molecule has 0 aromatic carbocycles. The lowest BCUT2D eigenvalue weighted by molar-refractivity contribution is -0.0110. The summed E-state index contributed by atoms with van der Waals surface area (Å²) in [4.78, 5) is 22.8. The second-order valence-electron chi connectivity index (χ2n) is 8.93. The highest BCUT2D eigenvalue weighted by Crippen LogP contribution is 2.59. The molecule has 128 valence electrons. The topological polar surface area (TPSA) is 49.0 Å². The maximum absolute atomic E-state index is 12.5. The van der Waals surface area contributed by atoms with Gasteiger partial charge in [-0.1, -0.05) is 25.5 Å². The zero-order valence-electron chi connectivity index (χ0n) is 14.8. The van der Waals surface area contributed by atoms with Gasteiger partial charge in [0.1, 0.15) is 5.82 Å². The van der Waals surface area contributed by atoms with E-state index in [1.54, 1.807) is 5.57 Å². The molecule has 5 aliphatic rings. The first-order chi connectivity index (χ1) is 11.5. The van der Waals surface area contributed by atoms with E-state index in [0.29, 0.717) is 11.3 Å². The average Bonchev–Trinajstić information content (AvgIpc) is 3.40. The quantitative estimate of drug-likeness (QED) is 0.869. The van der Waals surface area contributed by atoms with E-state index in [9.17, 15) is 4.79 Å². The van der Waals surface area contributed by atoms with Crippen LogP contribution in [0.25, 0.3) is 0 Å². The fraction of sp³-hybridized carbons (Fsp3) is 0.700. The third-order valence-corrected chi connectivity index (χ3v) is 7.12. The van der Waals surface area contributed by atoms with Gasteiger partial charge >= 0.3 is 0 Å². The lowest BCUT2D eigenvalue weighted by atomic mass is 9.49. The fourth-order valence-electron chi connectivity index (χ4n) is 5.10. The summed E-state index contributed by atoms with van der Waals surface area (Å²) in [6.45, 7) is 7.68. The Morgan fingerprint density at radius 2 is 2.21 bits per heavy atom. The van der Waals surface area contributed by atoms with E-state index in [2.05, 4.69) is 29.8 Å². The molecule has 1 aromatic heterocycles. The van der Waals surface area contributed by atoms with E-state index >= 15 is 0 Å². The number of hydrogen-bond acceptors (Lipinski definition) is 3. The van der Waals surface area contributed by atoms with E-state index < -0.39 is 0 Å². The highest BCUT2D eigenvalue weighted by atomic mass is 16.1. The second-order valence-corrected chi connectivity index (χ2v) is 8.93. The number of allylic oxidation sites excluding steroid dienone is 1.